The molecule has 0 radical (unpaired) electrons. The summed E-state index contributed by atoms with van der Waals surface area (Å²) in [5.74, 6) is 0.630. The molecule has 180 valence electrons. The van der Waals surface area contributed by atoms with Gasteiger partial charge >= 0.3 is 6.18 Å². The van der Waals surface area contributed by atoms with E-state index in [4.69, 9.17) is 4.42 Å². The molecule has 3 aromatic rings. The van der Waals surface area contributed by atoms with E-state index >= 15 is 0 Å². The van der Waals surface area contributed by atoms with Gasteiger partial charge in [0.05, 0.1) is 23.3 Å². The highest BCUT2D eigenvalue weighted by molar-refractivity contribution is 7.89. The van der Waals surface area contributed by atoms with Gasteiger partial charge < -0.3 is 14.2 Å². The Hall–Kier alpha value is -3.38. The van der Waals surface area contributed by atoms with Crippen LogP contribution in [-0.2, 0) is 22.7 Å². The maximum absolute atomic E-state index is 12.8. The molecule has 0 spiro atoms. The predicted octanol–water partition coefficient (Wildman–Crippen LogP) is 3.13. The minimum absolute atomic E-state index is 0.00802. The summed E-state index contributed by atoms with van der Waals surface area (Å²) in [5.41, 5.74) is -0.474. The fourth-order valence-electron chi connectivity index (χ4n) is 3.50. The number of hydrogen-bond donors (Lipinski definition) is 1. The van der Waals surface area contributed by atoms with Crippen molar-refractivity contribution in [3.63, 3.8) is 0 Å². The lowest BCUT2D eigenvalue weighted by molar-refractivity contribution is -0.137. The van der Waals surface area contributed by atoms with Gasteiger partial charge in [0.15, 0.2) is 0 Å². The Morgan fingerprint density at radius 3 is 2.29 bits per heavy atom. The lowest BCUT2D eigenvalue weighted by Crippen LogP contribution is -2.49. The normalized spacial score (nSPS) is 14.9. The Morgan fingerprint density at radius 2 is 1.74 bits per heavy atom. The van der Waals surface area contributed by atoms with E-state index in [2.05, 4.69) is 9.71 Å². The van der Waals surface area contributed by atoms with E-state index in [1.165, 1.54) is 36.6 Å². The quantitative estimate of drug-likeness (QED) is 0.566. The van der Waals surface area contributed by atoms with Gasteiger partial charge in [-0.05, 0) is 48.5 Å². The van der Waals surface area contributed by atoms with Crippen LogP contribution in [0.25, 0.3) is 0 Å². The smallest absolute Gasteiger partial charge is 0.417 e. The van der Waals surface area contributed by atoms with Crippen LogP contribution in [0.15, 0.2) is 70.3 Å². The summed E-state index contributed by atoms with van der Waals surface area (Å²) in [4.78, 5) is 20.2. The van der Waals surface area contributed by atoms with Crippen molar-refractivity contribution in [3.05, 3.63) is 77.9 Å². The fourth-order valence-corrected chi connectivity index (χ4v) is 4.49. The van der Waals surface area contributed by atoms with Crippen molar-refractivity contribution in [1.82, 2.24) is 14.6 Å². The molecular weight excluding hydrogens is 473 g/mol. The summed E-state index contributed by atoms with van der Waals surface area (Å²) in [6.07, 6.45) is -2.20. The number of hydrogen-bond acceptors (Lipinski definition) is 6. The Morgan fingerprint density at radius 1 is 1.03 bits per heavy atom. The molecule has 3 heterocycles. The Kier molecular flexibility index (Phi) is 6.62. The van der Waals surface area contributed by atoms with Crippen LogP contribution in [0, 0.1) is 0 Å². The number of piperazine rings is 1. The second kappa shape index (κ2) is 9.47. The minimum Gasteiger partial charge on any atom is -0.468 e. The SMILES string of the molecule is O=C(c1ccc(S(=O)(=O)NCc2ccco2)cc1)N1CCN(c2ccc(C(F)(F)F)cn2)CC1. The Labute approximate surface area is 194 Å². The van der Waals surface area contributed by atoms with Gasteiger partial charge in [-0.2, -0.15) is 13.2 Å². The van der Waals surface area contributed by atoms with Crippen molar-refractivity contribution >= 4 is 21.7 Å². The maximum atomic E-state index is 12.8. The number of anilines is 1. The molecule has 1 aliphatic rings. The van der Waals surface area contributed by atoms with Gasteiger partial charge in [-0.25, -0.2) is 18.1 Å². The second-order valence-electron chi connectivity index (χ2n) is 7.61. The van der Waals surface area contributed by atoms with E-state index in [9.17, 15) is 26.4 Å². The lowest BCUT2D eigenvalue weighted by Gasteiger charge is -2.35. The van der Waals surface area contributed by atoms with Crippen LogP contribution in [0.5, 0.6) is 0 Å². The van der Waals surface area contributed by atoms with Crippen LogP contribution in [0.4, 0.5) is 19.0 Å². The summed E-state index contributed by atoms with van der Waals surface area (Å²) in [6.45, 7) is 1.53. The number of pyridine rings is 1. The number of aromatic nitrogens is 1. The van der Waals surface area contributed by atoms with Crippen LogP contribution in [0.3, 0.4) is 0 Å². The first-order valence-corrected chi connectivity index (χ1v) is 11.8. The van der Waals surface area contributed by atoms with Crippen LogP contribution in [-0.4, -0.2) is 50.4 Å². The average molecular weight is 494 g/mol. The molecule has 1 N–H and O–H groups in total. The first kappa shape index (κ1) is 23.8. The van der Waals surface area contributed by atoms with Crippen molar-refractivity contribution in [2.45, 2.75) is 17.6 Å². The summed E-state index contributed by atoms with van der Waals surface area (Å²) >= 11 is 0. The van der Waals surface area contributed by atoms with Crippen LogP contribution in [0.2, 0.25) is 0 Å². The maximum Gasteiger partial charge on any atom is 0.417 e. The number of alkyl halides is 3. The zero-order chi connectivity index (χ0) is 24.3. The van der Waals surface area contributed by atoms with Crippen LogP contribution >= 0.6 is 0 Å². The second-order valence-corrected chi connectivity index (χ2v) is 9.38. The number of carbonyl (C=O) groups is 1. The van der Waals surface area contributed by atoms with E-state index in [1.54, 1.807) is 17.0 Å². The standard InChI is InChI=1S/C22H21F3N4O4S/c23-22(24,25)17-5-8-20(26-14-17)28-9-11-29(12-10-28)21(30)16-3-6-19(7-4-16)34(31,32)27-15-18-2-1-13-33-18/h1-8,13-14,27H,9-12,15H2. The summed E-state index contributed by atoms with van der Waals surface area (Å²) in [7, 11) is -3.77. The van der Waals surface area contributed by atoms with Gasteiger partial charge in [0.1, 0.15) is 11.6 Å². The lowest BCUT2D eigenvalue weighted by atomic mass is 10.2. The zero-order valence-electron chi connectivity index (χ0n) is 17.8. The topological polar surface area (TPSA) is 95.7 Å². The number of rotatable bonds is 6. The van der Waals surface area contributed by atoms with E-state index in [0.717, 1.165) is 12.3 Å². The number of nitrogens with one attached hydrogen (secondary N) is 1. The van der Waals surface area contributed by atoms with Gasteiger partial charge in [-0.3, -0.25) is 4.79 Å². The molecule has 8 nitrogen and oxygen atoms in total. The molecule has 1 saturated heterocycles. The molecule has 0 saturated carbocycles. The molecule has 1 aliphatic heterocycles. The molecule has 0 bridgehead atoms. The first-order valence-electron chi connectivity index (χ1n) is 10.3. The van der Waals surface area contributed by atoms with E-state index in [0.29, 0.717) is 43.3 Å². The molecule has 12 heteroatoms. The first-order chi connectivity index (χ1) is 16.1. The molecule has 0 atom stereocenters. The number of sulfonamides is 1. The highest BCUT2D eigenvalue weighted by Gasteiger charge is 2.31. The van der Waals surface area contributed by atoms with E-state index < -0.39 is 21.8 Å². The van der Waals surface area contributed by atoms with Crippen LogP contribution in [0.1, 0.15) is 21.7 Å². The molecule has 4 rings (SSSR count). The van der Waals surface area contributed by atoms with Gasteiger partial charge in [-0.15, -0.1) is 0 Å². The Bertz CT molecular complexity index is 1220. The van der Waals surface area contributed by atoms with Crippen molar-refractivity contribution in [1.29, 1.82) is 0 Å². The van der Waals surface area contributed by atoms with E-state index in [1.807, 2.05) is 4.90 Å². The largest absolute Gasteiger partial charge is 0.468 e. The summed E-state index contributed by atoms with van der Waals surface area (Å²) in [6, 6.07) is 11.2. The van der Waals surface area contributed by atoms with Gasteiger partial charge in [0.2, 0.25) is 10.0 Å². The van der Waals surface area contributed by atoms with E-state index in [-0.39, 0.29) is 17.3 Å². The van der Waals surface area contributed by atoms with Gasteiger partial charge in [-0.1, -0.05) is 0 Å². The number of benzene rings is 1. The number of nitrogens with zero attached hydrogens (tertiary/aromatic N) is 3. The molecule has 2 aromatic heterocycles. The number of halogens is 3. The highest BCUT2D eigenvalue weighted by atomic mass is 32.2. The molecule has 1 amide bonds. The zero-order valence-corrected chi connectivity index (χ0v) is 18.6. The molecule has 0 aliphatic carbocycles. The average Bonchev–Trinajstić information content (AvgIpc) is 3.36. The summed E-state index contributed by atoms with van der Waals surface area (Å²) < 4.78 is 70.5. The van der Waals surface area contributed by atoms with Crippen molar-refractivity contribution in [3.8, 4) is 0 Å². The summed E-state index contributed by atoms with van der Waals surface area (Å²) in [5, 5.41) is 0. The third kappa shape index (κ3) is 5.39. The number of carbonyl (C=O) groups excluding carboxylic acids is 1. The van der Waals surface area contributed by atoms with Crippen molar-refractivity contribution in [2.75, 3.05) is 31.1 Å². The van der Waals surface area contributed by atoms with Gasteiger partial charge in [0, 0.05) is 37.9 Å². The number of amides is 1. The molecule has 0 unspecified atom stereocenters. The highest BCUT2D eigenvalue weighted by Crippen LogP contribution is 2.29. The minimum atomic E-state index is -4.44. The third-order valence-corrected chi connectivity index (χ3v) is 6.81. The fraction of sp³-hybridized carbons (Fsp3) is 0.273. The molecule has 1 aromatic carbocycles. The third-order valence-electron chi connectivity index (χ3n) is 5.39. The molecule has 34 heavy (non-hydrogen) atoms. The molecule has 1 fully saturated rings. The van der Waals surface area contributed by atoms with Crippen molar-refractivity contribution in [2.24, 2.45) is 0 Å². The Balaban J connectivity index is 1.34. The van der Waals surface area contributed by atoms with Crippen molar-refractivity contribution < 1.29 is 30.8 Å². The number of furan rings is 1. The van der Waals surface area contributed by atoms with Gasteiger partial charge in [0.25, 0.3) is 5.91 Å². The molecular formula is C22H21F3N4O4S. The predicted molar refractivity (Wildman–Crippen MR) is 117 cm³/mol. The monoisotopic (exact) mass is 494 g/mol. The van der Waals surface area contributed by atoms with Crippen LogP contribution < -0.4 is 9.62 Å².